The standard InChI is InChI=1S/C13H19N4O2/c1-14-6-8-16(10-14)12(4-3-5-13(18)19)17-9-7-15(2)11-17/h6-12H,3-5H2,1-2H3/q+1/p+1. The van der Waals surface area contributed by atoms with E-state index in [4.69, 9.17) is 5.11 Å². The zero-order valence-electron chi connectivity index (χ0n) is 11.3. The highest BCUT2D eigenvalue weighted by Crippen LogP contribution is 2.16. The Kier molecular flexibility index (Phi) is 3.99. The molecule has 0 fully saturated rings. The van der Waals surface area contributed by atoms with Gasteiger partial charge in [-0.15, -0.1) is 0 Å². The zero-order chi connectivity index (χ0) is 13.8. The first-order chi connectivity index (χ1) is 9.06. The number of aryl methyl sites for hydroxylation is 2. The minimum absolute atomic E-state index is 0.113. The van der Waals surface area contributed by atoms with E-state index in [9.17, 15) is 4.79 Å². The van der Waals surface area contributed by atoms with E-state index in [1.54, 1.807) is 0 Å². The molecule has 0 aliphatic heterocycles. The molecule has 2 aromatic rings. The quantitative estimate of drug-likeness (QED) is 0.760. The second-order valence-electron chi connectivity index (χ2n) is 4.82. The van der Waals surface area contributed by atoms with Crippen LogP contribution in [0.1, 0.15) is 25.4 Å². The van der Waals surface area contributed by atoms with Crippen LogP contribution in [0.2, 0.25) is 0 Å². The molecule has 6 nitrogen and oxygen atoms in total. The van der Waals surface area contributed by atoms with Crippen LogP contribution in [-0.2, 0) is 18.9 Å². The number of nitrogens with zero attached hydrogens (tertiary/aromatic N) is 4. The van der Waals surface area contributed by atoms with Gasteiger partial charge in [-0.1, -0.05) is 0 Å². The van der Waals surface area contributed by atoms with Crippen LogP contribution in [0.5, 0.6) is 0 Å². The average molecular weight is 264 g/mol. The molecular weight excluding hydrogens is 244 g/mol. The lowest BCUT2D eigenvalue weighted by molar-refractivity contribution is -0.672. The molecule has 0 aliphatic rings. The van der Waals surface area contributed by atoms with Gasteiger partial charge in [-0.25, -0.2) is 9.13 Å². The number of imidazole rings is 2. The van der Waals surface area contributed by atoms with E-state index in [1.165, 1.54) is 0 Å². The Morgan fingerprint density at radius 2 is 1.68 bits per heavy atom. The number of rotatable bonds is 6. The van der Waals surface area contributed by atoms with E-state index in [1.807, 2.05) is 60.7 Å². The van der Waals surface area contributed by atoms with Gasteiger partial charge in [-0.2, -0.15) is 9.13 Å². The monoisotopic (exact) mass is 264 g/mol. The molecule has 102 valence electrons. The predicted molar refractivity (Wildman–Crippen MR) is 67.1 cm³/mol. The molecular formula is C13H20N4O2+2. The van der Waals surface area contributed by atoms with Crippen molar-refractivity contribution in [3.63, 3.8) is 0 Å². The Morgan fingerprint density at radius 3 is 2.05 bits per heavy atom. The number of hydrogen-bond acceptors (Lipinski definition) is 1. The molecule has 0 atom stereocenters. The van der Waals surface area contributed by atoms with E-state index in [2.05, 4.69) is 9.13 Å². The minimum atomic E-state index is -0.741. The van der Waals surface area contributed by atoms with E-state index in [-0.39, 0.29) is 12.6 Å². The SMILES string of the molecule is C[n+]1ccn(C(CCCC(=O)O)n2cc[n+](C)c2)c1. The molecule has 0 saturated carbocycles. The summed E-state index contributed by atoms with van der Waals surface area (Å²) < 4.78 is 8.16. The molecule has 0 aromatic carbocycles. The summed E-state index contributed by atoms with van der Waals surface area (Å²) in [6.07, 6.45) is 13.7. The van der Waals surface area contributed by atoms with Gasteiger partial charge in [0.15, 0.2) is 0 Å². The third-order valence-corrected chi connectivity index (χ3v) is 3.12. The van der Waals surface area contributed by atoms with Crippen LogP contribution in [0.4, 0.5) is 0 Å². The van der Waals surface area contributed by atoms with Crippen molar-refractivity contribution in [2.45, 2.75) is 25.4 Å². The molecule has 0 radical (unpaired) electrons. The topological polar surface area (TPSA) is 54.9 Å². The van der Waals surface area contributed by atoms with Crippen molar-refractivity contribution in [1.29, 1.82) is 0 Å². The van der Waals surface area contributed by atoms with Crippen molar-refractivity contribution in [2.24, 2.45) is 14.1 Å². The number of aromatic nitrogens is 4. The second kappa shape index (κ2) is 5.69. The van der Waals surface area contributed by atoms with Crippen molar-refractivity contribution >= 4 is 5.97 Å². The van der Waals surface area contributed by atoms with Crippen LogP contribution in [0.15, 0.2) is 37.4 Å². The molecule has 2 aromatic heterocycles. The highest BCUT2D eigenvalue weighted by molar-refractivity contribution is 5.66. The molecule has 2 rings (SSSR count). The lowest BCUT2D eigenvalue weighted by Gasteiger charge is -2.09. The zero-order valence-corrected chi connectivity index (χ0v) is 11.3. The molecule has 0 amide bonds. The summed E-state index contributed by atoms with van der Waals surface area (Å²) in [4.78, 5) is 10.6. The summed E-state index contributed by atoms with van der Waals surface area (Å²) in [5.74, 6) is -0.741. The van der Waals surface area contributed by atoms with Gasteiger partial charge in [-0.3, -0.25) is 4.79 Å². The maximum atomic E-state index is 10.6. The van der Waals surface area contributed by atoms with E-state index < -0.39 is 5.97 Å². The first-order valence-corrected chi connectivity index (χ1v) is 6.33. The summed E-state index contributed by atoms with van der Waals surface area (Å²) >= 11 is 0. The maximum absolute atomic E-state index is 10.6. The molecule has 6 heteroatoms. The third-order valence-electron chi connectivity index (χ3n) is 3.12. The van der Waals surface area contributed by atoms with Crippen molar-refractivity contribution in [1.82, 2.24) is 9.13 Å². The maximum Gasteiger partial charge on any atom is 0.303 e. The van der Waals surface area contributed by atoms with Crippen molar-refractivity contribution in [3.05, 3.63) is 37.4 Å². The van der Waals surface area contributed by atoms with Crippen molar-refractivity contribution in [3.8, 4) is 0 Å². The first kappa shape index (κ1) is 13.3. The van der Waals surface area contributed by atoms with Crippen LogP contribution in [-0.4, -0.2) is 20.2 Å². The van der Waals surface area contributed by atoms with E-state index in [0.29, 0.717) is 6.42 Å². The Balaban J connectivity index is 2.16. The molecule has 0 spiro atoms. The number of carbonyl (C=O) groups is 1. The molecule has 1 N–H and O–H groups in total. The molecule has 0 saturated heterocycles. The smallest absolute Gasteiger partial charge is 0.303 e. The highest BCUT2D eigenvalue weighted by Gasteiger charge is 2.23. The van der Waals surface area contributed by atoms with Gasteiger partial charge in [0.1, 0.15) is 24.8 Å². The highest BCUT2D eigenvalue weighted by atomic mass is 16.4. The summed E-state index contributed by atoms with van der Waals surface area (Å²) in [5, 5.41) is 8.75. The number of aliphatic carboxylic acids is 1. The minimum Gasteiger partial charge on any atom is -0.481 e. The largest absolute Gasteiger partial charge is 0.481 e. The summed E-state index contributed by atoms with van der Waals surface area (Å²) in [6.45, 7) is 0. The molecule has 0 unspecified atom stereocenters. The number of hydrogen-bond donors (Lipinski definition) is 1. The van der Waals surface area contributed by atoms with Crippen molar-refractivity contribution < 1.29 is 19.0 Å². The average Bonchev–Trinajstić information content (AvgIpc) is 2.94. The van der Waals surface area contributed by atoms with Gasteiger partial charge in [0.25, 0.3) is 0 Å². The van der Waals surface area contributed by atoms with Gasteiger partial charge < -0.3 is 5.11 Å². The summed E-state index contributed by atoms with van der Waals surface area (Å²) in [6, 6.07) is 0. The summed E-state index contributed by atoms with van der Waals surface area (Å²) in [5.41, 5.74) is 0. The van der Waals surface area contributed by atoms with E-state index in [0.717, 1.165) is 6.42 Å². The Bertz CT molecular complexity index is 518. The Hall–Kier alpha value is -2.11. The fourth-order valence-electron chi connectivity index (χ4n) is 2.18. The molecule has 0 bridgehead atoms. The lowest BCUT2D eigenvalue weighted by Crippen LogP contribution is -2.27. The number of carboxylic acid groups (broad SMARTS) is 1. The first-order valence-electron chi connectivity index (χ1n) is 6.33. The van der Waals surface area contributed by atoms with Gasteiger partial charge in [0.05, 0.1) is 14.1 Å². The molecule has 0 aliphatic carbocycles. The fraction of sp³-hybridized carbons (Fsp3) is 0.462. The third kappa shape index (κ3) is 3.43. The van der Waals surface area contributed by atoms with Crippen LogP contribution in [0, 0.1) is 0 Å². The van der Waals surface area contributed by atoms with Crippen LogP contribution in [0.3, 0.4) is 0 Å². The lowest BCUT2D eigenvalue weighted by atomic mass is 10.2. The van der Waals surface area contributed by atoms with Crippen LogP contribution in [0.25, 0.3) is 0 Å². The van der Waals surface area contributed by atoms with Crippen molar-refractivity contribution in [2.75, 3.05) is 0 Å². The fourth-order valence-corrected chi connectivity index (χ4v) is 2.18. The Morgan fingerprint density at radius 1 is 1.16 bits per heavy atom. The van der Waals surface area contributed by atoms with E-state index >= 15 is 0 Å². The van der Waals surface area contributed by atoms with Crippen LogP contribution < -0.4 is 9.13 Å². The normalized spacial score (nSPS) is 11.1. The van der Waals surface area contributed by atoms with Gasteiger partial charge >= 0.3 is 5.97 Å². The Labute approximate surface area is 112 Å². The second-order valence-corrected chi connectivity index (χ2v) is 4.82. The van der Waals surface area contributed by atoms with Gasteiger partial charge in [0, 0.05) is 12.8 Å². The van der Waals surface area contributed by atoms with Gasteiger partial charge in [-0.05, 0) is 6.42 Å². The van der Waals surface area contributed by atoms with Crippen LogP contribution >= 0.6 is 0 Å². The summed E-state index contributed by atoms with van der Waals surface area (Å²) in [7, 11) is 3.95. The molecule has 2 heterocycles. The van der Waals surface area contributed by atoms with Gasteiger partial charge in [0.2, 0.25) is 18.8 Å². The molecule has 19 heavy (non-hydrogen) atoms. The predicted octanol–water partition coefficient (Wildman–Crippen LogP) is 0.240. The number of carboxylic acids is 1.